The fourth-order valence-electron chi connectivity index (χ4n) is 6.49. The first-order valence-corrected chi connectivity index (χ1v) is 25.1. The number of hydrogen-bond acceptors (Lipinski definition) is 10. The van der Waals surface area contributed by atoms with E-state index in [0.29, 0.717) is 17.4 Å². The Labute approximate surface area is 376 Å². The summed E-state index contributed by atoms with van der Waals surface area (Å²) in [6, 6.07) is 0. The second-order valence-electron chi connectivity index (χ2n) is 17.4. The number of aryl methyl sites for hydroxylation is 2. The summed E-state index contributed by atoms with van der Waals surface area (Å²) in [6.45, 7) is 8.20. The number of allylic oxidation sites excluding steroid dienone is 8. The molecule has 0 N–H and O–H groups in total. The molecule has 1 heterocycles. The van der Waals surface area contributed by atoms with Gasteiger partial charge in [-0.1, -0.05) is 121 Å². The Bertz CT molecular complexity index is 1540. The second-order valence-corrected chi connectivity index (χ2v) is 18.8. The van der Waals surface area contributed by atoms with Gasteiger partial charge < -0.3 is 32.3 Å². The van der Waals surface area contributed by atoms with Crippen LogP contribution in [0.25, 0.3) is 0 Å². The van der Waals surface area contributed by atoms with E-state index in [0.717, 1.165) is 75.7 Å². The van der Waals surface area contributed by atoms with Gasteiger partial charge in [0.2, 0.25) is 0 Å². The number of phosphoric acid groups is 1. The van der Waals surface area contributed by atoms with Crippen molar-refractivity contribution >= 4 is 25.5 Å². The molecule has 62 heavy (non-hydrogen) atoms. The van der Waals surface area contributed by atoms with Crippen LogP contribution in [0.15, 0.2) is 53.0 Å². The number of carbonyl (C=O) groups is 3. The highest BCUT2D eigenvalue weighted by atomic mass is 31.2. The molecule has 0 saturated carbocycles. The van der Waals surface area contributed by atoms with Crippen molar-refractivity contribution in [3.63, 3.8) is 0 Å². The lowest BCUT2D eigenvalue weighted by Crippen LogP contribution is -2.37. The average Bonchev–Trinajstić information content (AvgIpc) is 3.48. The third-order valence-corrected chi connectivity index (χ3v) is 11.5. The van der Waals surface area contributed by atoms with E-state index in [-0.39, 0.29) is 44.7 Å². The fraction of sp³-hybridized carbons (Fsp3) is 0.700. The summed E-state index contributed by atoms with van der Waals surface area (Å²) in [7, 11) is 0.994. The fourth-order valence-corrected chi connectivity index (χ4v) is 7.22. The summed E-state index contributed by atoms with van der Waals surface area (Å²) in [5.41, 5.74) is 2.63. The van der Waals surface area contributed by atoms with Crippen LogP contribution in [0.1, 0.15) is 171 Å². The van der Waals surface area contributed by atoms with Crippen LogP contribution in [-0.4, -0.2) is 75.8 Å². The zero-order chi connectivity index (χ0) is 45.9. The lowest BCUT2D eigenvalue weighted by atomic mass is 10.0. The molecule has 1 aromatic rings. The van der Waals surface area contributed by atoms with Crippen LogP contribution >= 0.6 is 7.82 Å². The van der Waals surface area contributed by atoms with Gasteiger partial charge >= 0.3 is 11.9 Å². The molecule has 0 spiro atoms. The van der Waals surface area contributed by atoms with Gasteiger partial charge in [-0.15, -0.1) is 0 Å². The first kappa shape index (κ1) is 56.9. The predicted molar refractivity (Wildman–Crippen MR) is 249 cm³/mol. The first-order valence-electron chi connectivity index (χ1n) is 23.7. The zero-order valence-electron chi connectivity index (χ0n) is 39.8. The van der Waals surface area contributed by atoms with Crippen LogP contribution in [0.5, 0.6) is 0 Å². The molecule has 2 atom stereocenters. The van der Waals surface area contributed by atoms with Gasteiger partial charge in [0.05, 0.1) is 27.7 Å². The number of hydrogen-bond donors (Lipinski definition) is 0. The first-order chi connectivity index (χ1) is 29.7. The van der Waals surface area contributed by atoms with Gasteiger partial charge in [0.1, 0.15) is 31.3 Å². The Morgan fingerprint density at radius 1 is 0.661 bits per heavy atom. The van der Waals surface area contributed by atoms with Gasteiger partial charge in [-0.25, -0.2) is 0 Å². The van der Waals surface area contributed by atoms with Crippen molar-refractivity contribution in [1.29, 1.82) is 0 Å². The standard InChI is InChI=1S/C50H84NO10P/c1-8-10-12-13-14-15-16-17-18-19-22-25-29-33-45(52)34-32-38-50(54)60-46(42-59-62(55,56)58-40-39-51(5,6)7)41-57-49(53)37-31-27-24-21-20-23-26-30-36-48-44(4)43(3)47(61-48)35-28-11-9-2/h14-15,17-18,22,25,29,33,46H,8-13,16,19-21,23-24,26-28,30-32,34-42H2,1-7H3/b15-14-,18-17-,25-22-,33-29+/t46-/m1/s1. The van der Waals surface area contributed by atoms with E-state index >= 15 is 0 Å². The number of furan rings is 1. The predicted octanol–water partition coefficient (Wildman–Crippen LogP) is 11.7. The molecule has 0 aliphatic heterocycles. The highest BCUT2D eigenvalue weighted by Gasteiger charge is 2.22. The summed E-state index contributed by atoms with van der Waals surface area (Å²) in [4.78, 5) is 50.0. The number of phosphoric ester groups is 1. The van der Waals surface area contributed by atoms with E-state index in [2.05, 4.69) is 52.0 Å². The smallest absolute Gasteiger partial charge is 0.306 e. The van der Waals surface area contributed by atoms with E-state index in [1.165, 1.54) is 68.6 Å². The number of carbonyl (C=O) groups excluding carboxylic acids is 3. The van der Waals surface area contributed by atoms with Crippen LogP contribution in [0, 0.1) is 13.8 Å². The van der Waals surface area contributed by atoms with Gasteiger partial charge in [0, 0.05) is 32.1 Å². The number of likely N-dealkylation sites (N-methyl/N-ethyl adjacent to an activating group) is 1. The molecule has 11 nitrogen and oxygen atoms in total. The number of quaternary nitrogens is 1. The van der Waals surface area contributed by atoms with Crippen molar-refractivity contribution in [3.8, 4) is 0 Å². The van der Waals surface area contributed by atoms with E-state index < -0.39 is 32.5 Å². The van der Waals surface area contributed by atoms with Gasteiger partial charge in [-0.3, -0.25) is 18.9 Å². The second kappa shape index (κ2) is 35.3. The Kier molecular flexibility index (Phi) is 32.4. The number of nitrogens with zero attached hydrogens (tertiary/aromatic N) is 1. The molecule has 0 fully saturated rings. The summed E-state index contributed by atoms with van der Waals surface area (Å²) < 4.78 is 40.0. The van der Waals surface area contributed by atoms with E-state index in [1.807, 2.05) is 33.3 Å². The summed E-state index contributed by atoms with van der Waals surface area (Å²) in [5, 5.41) is 0. The Hall–Kier alpha value is -3.08. The van der Waals surface area contributed by atoms with Crippen molar-refractivity contribution in [2.24, 2.45) is 0 Å². The molecular weight excluding hydrogens is 806 g/mol. The maximum Gasteiger partial charge on any atom is 0.306 e. The molecule has 0 aliphatic rings. The van der Waals surface area contributed by atoms with Crippen LogP contribution in [-0.2, 0) is 50.3 Å². The molecule has 0 radical (unpaired) electrons. The minimum atomic E-state index is -4.71. The van der Waals surface area contributed by atoms with Crippen LogP contribution < -0.4 is 4.89 Å². The molecule has 354 valence electrons. The highest BCUT2D eigenvalue weighted by Crippen LogP contribution is 2.38. The molecule has 1 aromatic heterocycles. The minimum absolute atomic E-state index is 0.0733. The monoisotopic (exact) mass is 890 g/mol. The van der Waals surface area contributed by atoms with Gasteiger partial charge in [0.15, 0.2) is 11.9 Å². The number of ether oxygens (including phenoxy) is 2. The van der Waals surface area contributed by atoms with Crippen molar-refractivity contribution in [1.82, 2.24) is 0 Å². The van der Waals surface area contributed by atoms with Gasteiger partial charge in [-0.05, 0) is 82.4 Å². The molecular formula is C50H84NO10P. The van der Waals surface area contributed by atoms with E-state index in [4.69, 9.17) is 22.9 Å². The number of rotatable bonds is 39. The SMILES string of the molecule is CCCCC/C=C\C/C=C\C/C=C\C=C\C(=O)CCCC(=O)O[C@H](COC(=O)CCCCCCCCCCc1oc(CCCCC)c(C)c1C)COP(=O)([O-])OCC[N+](C)(C)C. The van der Waals surface area contributed by atoms with Crippen molar-refractivity contribution in [2.75, 3.05) is 47.5 Å². The maximum atomic E-state index is 12.7. The highest BCUT2D eigenvalue weighted by molar-refractivity contribution is 7.45. The summed E-state index contributed by atoms with van der Waals surface area (Å²) in [5.74, 6) is 1.07. The summed E-state index contributed by atoms with van der Waals surface area (Å²) in [6.07, 6.45) is 35.4. The Balaban J connectivity index is 2.42. The van der Waals surface area contributed by atoms with Crippen molar-refractivity contribution in [2.45, 2.75) is 181 Å². The Morgan fingerprint density at radius 2 is 1.23 bits per heavy atom. The van der Waals surface area contributed by atoms with Gasteiger partial charge in [0.25, 0.3) is 7.82 Å². The summed E-state index contributed by atoms with van der Waals surface area (Å²) >= 11 is 0. The maximum absolute atomic E-state index is 12.7. The average molecular weight is 890 g/mol. The number of ketones is 1. The zero-order valence-corrected chi connectivity index (χ0v) is 40.7. The third-order valence-electron chi connectivity index (χ3n) is 10.5. The van der Waals surface area contributed by atoms with E-state index in [1.54, 1.807) is 6.08 Å². The van der Waals surface area contributed by atoms with Crippen molar-refractivity contribution in [3.05, 3.63) is 71.3 Å². The topological polar surface area (TPSA) is 141 Å². The molecule has 1 rings (SSSR count). The van der Waals surface area contributed by atoms with Gasteiger partial charge in [-0.2, -0.15) is 0 Å². The quantitative estimate of drug-likeness (QED) is 0.0119. The largest absolute Gasteiger partial charge is 0.756 e. The molecule has 12 heteroatoms. The number of esters is 2. The van der Waals surface area contributed by atoms with E-state index in [9.17, 15) is 23.8 Å². The molecule has 0 saturated heterocycles. The lowest BCUT2D eigenvalue weighted by molar-refractivity contribution is -0.870. The molecule has 0 amide bonds. The third kappa shape index (κ3) is 31.7. The van der Waals surface area contributed by atoms with Crippen LogP contribution in [0.2, 0.25) is 0 Å². The molecule has 0 aliphatic carbocycles. The molecule has 1 unspecified atom stereocenters. The Morgan fingerprint density at radius 3 is 1.87 bits per heavy atom. The van der Waals surface area contributed by atoms with Crippen LogP contribution in [0.4, 0.5) is 0 Å². The lowest BCUT2D eigenvalue weighted by Gasteiger charge is -2.28. The normalized spacial score (nSPS) is 13.8. The molecule has 0 aromatic carbocycles. The number of unbranched alkanes of at least 4 members (excludes halogenated alkanes) is 12. The van der Waals surface area contributed by atoms with Crippen molar-refractivity contribution < 1.29 is 51.3 Å². The van der Waals surface area contributed by atoms with Crippen LogP contribution in [0.3, 0.4) is 0 Å². The molecule has 0 bridgehead atoms. The minimum Gasteiger partial charge on any atom is -0.756 e.